The molecule has 4 aromatic heterocycles. The van der Waals surface area contributed by atoms with Crippen molar-refractivity contribution >= 4 is 58.5 Å². The van der Waals surface area contributed by atoms with Crippen LogP contribution >= 0.6 is 47.0 Å². The van der Waals surface area contributed by atoms with E-state index in [0.717, 1.165) is 102 Å². The molecule has 0 bridgehead atoms. The largest absolute Gasteiger partial charge is 0.237 e. The molecule has 6 heterocycles. The van der Waals surface area contributed by atoms with E-state index in [-0.39, 0.29) is 0 Å². The normalized spacial score (nSPS) is 14.0. The molecule has 16 heteroatoms. The zero-order valence-electron chi connectivity index (χ0n) is 26.2. The van der Waals surface area contributed by atoms with Gasteiger partial charge in [-0.25, -0.2) is 9.36 Å². The number of nitrogens with zero attached hydrogens (tertiary/aromatic N) is 12. The quantitative estimate of drug-likeness (QED) is 0.113. The summed E-state index contributed by atoms with van der Waals surface area (Å²) in [7, 11) is 0. The fourth-order valence-corrected chi connectivity index (χ4v) is 8.97. The lowest BCUT2D eigenvalue weighted by Gasteiger charge is -2.14. The molecule has 0 aliphatic carbocycles. The van der Waals surface area contributed by atoms with Gasteiger partial charge in [-0.05, 0) is 51.0 Å². The zero-order valence-corrected chi connectivity index (χ0v) is 29.4. The molecular formula is C32H30N12S4. The van der Waals surface area contributed by atoms with Crippen LogP contribution in [-0.2, 0) is 0 Å². The molecule has 0 radical (unpaired) electrons. The molecule has 8 rings (SSSR count). The molecule has 242 valence electrons. The predicted octanol–water partition coefficient (Wildman–Crippen LogP) is 6.24. The Hall–Kier alpha value is -4.12. The Labute approximate surface area is 293 Å². The Morgan fingerprint density at radius 3 is 1.48 bits per heavy atom. The molecule has 0 fully saturated rings. The molecule has 6 aromatic rings. The van der Waals surface area contributed by atoms with Crippen LogP contribution < -0.4 is 0 Å². The first-order valence-electron chi connectivity index (χ1n) is 15.4. The number of unbranched alkanes of at least 4 members (excludes halogenated alkanes) is 1. The van der Waals surface area contributed by atoms with Gasteiger partial charge in [0.1, 0.15) is 0 Å². The highest BCUT2D eigenvalue weighted by Crippen LogP contribution is 2.31. The van der Waals surface area contributed by atoms with Crippen molar-refractivity contribution in [2.24, 2.45) is 10.2 Å². The Kier molecular flexibility index (Phi) is 8.95. The number of hydrogen-bond donors (Lipinski definition) is 0. The highest BCUT2D eigenvalue weighted by Gasteiger charge is 2.24. The number of aromatic nitrogens is 10. The van der Waals surface area contributed by atoms with Gasteiger partial charge in [-0.3, -0.25) is 0 Å². The van der Waals surface area contributed by atoms with E-state index in [1.165, 1.54) is 0 Å². The van der Waals surface area contributed by atoms with Gasteiger partial charge < -0.3 is 0 Å². The number of rotatable bonds is 11. The zero-order chi connectivity index (χ0) is 32.5. The van der Waals surface area contributed by atoms with Gasteiger partial charge in [0.15, 0.2) is 0 Å². The number of fused-ring (bicyclic) bond motifs is 2. The van der Waals surface area contributed by atoms with Crippen molar-refractivity contribution in [3.05, 3.63) is 95.6 Å². The van der Waals surface area contributed by atoms with Crippen LogP contribution in [-0.4, -0.2) is 83.7 Å². The summed E-state index contributed by atoms with van der Waals surface area (Å²) >= 11 is 6.69. The van der Waals surface area contributed by atoms with Crippen molar-refractivity contribution in [1.29, 1.82) is 0 Å². The second-order valence-electron chi connectivity index (χ2n) is 11.0. The fraction of sp³-hybridized carbons (Fsp3) is 0.250. The number of hydrogen-bond acceptors (Lipinski definition) is 12. The number of para-hydroxylation sites is 2. The van der Waals surface area contributed by atoms with Crippen LogP contribution in [0.5, 0.6) is 0 Å². The van der Waals surface area contributed by atoms with E-state index in [4.69, 9.17) is 10.2 Å². The van der Waals surface area contributed by atoms with E-state index >= 15 is 0 Å². The Balaban J connectivity index is 0.870. The topological polar surface area (TPSA) is 122 Å². The monoisotopic (exact) mass is 710 g/mol. The summed E-state index contributed by atoms with van der Waals surface area (Å²) in [5, 5.41) is 40.1. The molecule has 12 nitrogen and oxygen atoms in total. The molecule has 0 unspecified atom stereocenters. The SMILES string of the molecule is Cc1c(C2=Nn3c(SCCCCSc4nnc5n4N=C(c4cnn(-c6ccccc6)c4C)CS5)nnc3SC2)cnn1-c1ccccc1. The average Bonchev–Trinajstić information content (AvgIpc) is 3.92. The van der Waals surface area contributed by atoms with Gasteiger partial charge in [0.2, 0.25) is 20.6 Å². The maximum atomic E-state index is 4.95. The Bertz CT molecular complexity index is 1980. The highest BCUT2D eigenvalue weighted by atomic mass is 32.2. The average molecular weight is 711 g/mol. The first kappa shape index (κ1) is 31.2. The summed E-state index contributed by atoms with van der Waals surface area (Å²) in [6, 6.07) is 20.3. The highest BCUT2D eigenvalue weighted by molar-refractivity contribution is 8.00. The van der Waals surface area contributed by atoms with Crippen LogP contribution in [0.2, 0.25) is 0 Å². The summed E-state index contributed by atoms with van der Waals surface area (Å²) in [6.07, 6.45) is 5.85. The van der Waals surface area contributed by atoms with Crippen LogP contribution in [0.1, 0.15) is 35.4 Å². The fourth-order valence-electron chi connectivity index (χ4n) is 5.44. The molecule has 0 spiro atoms. The van der Waals surface area contributed by atoms with Crippen LogP contribution in [0.15, 0.2) is 104 Å². The molecule has 0 saturated heterocycles. The molecule has 2 aliphatic rings. The van der Waals surface area contributed by atoms with Crippen molar-refractivity contribution in [2.75, 3.05) is 23.0 Å². The van der Waals surface area contributed by atoms with E-state index in [2.05, 4.69) is 68.7 Å². The summed E-state index contributed by atoms with van der Waals surface area (Å²) < 4.78 is 7.67. The third-order valence-corrected chi connectivity index (χ3v) is 11.8. The lowest BCUT2D eigenvalue weighted by Crippen LogP contribution is -2.14. The van der Waals surface area contributed by atoms with Crippen molar-refractivity contribution in [2.45, 2.75) is 47.3 Å². The number of thioether (sulfide) groups is 4. The summed E-state index contributed by atoms with van der Waals surface area (Å²) in [5.74, 6) is 3.29. The summed E-state index contributed by atoms with van der Waals surface area (Å²) in [6.45, 7) is 4.17. The standard InChI is InChI=1S/C32H30N12S4/c1-21-25(17-33-41(21)23-11-5-3-6-12-23)27-19-47-31-37-35-29(43(31)39-27)45-15-9-10-16-46-30-36-38-32-44(30)40-28(20-48-32)26-18-34-42(22(26)2)24-13-7-4-8-14-24/h3-8,11-14,17-18H,9-10,15-16,19-20H2,1-2H3. The molecule has 48 heavy (non-hydrogen) atoms. The van der Waals surface area contributed by atoms with Crippen LogP contribution in [0.3, 0.4) is 0 Å². The van der Waals surface area contributed by atoms with Gasteiger partial charge in [0, 0.05) is 34.1 Å². The number of benzene rings is 2. The predicted molar refractivity (Wildman–Crippen MR) is 193 cm³/mol. The second-order valence-corrected chi connectivity index (χ2v) is 15.0. The molecular weight excluding hydrogens is 681 g/mol. The van der Waals surface area contributed by atoms with Crippen LogP contribution in [0, 0.1) is 13.8 Å². The molecule has 2 aromatic carbocycles. The Morgan fingerprint density at radius 1 is 0.604 bits per heavy atom. The van der Waals surface area contributed by atoms with Crippen molar-refractivity contribution in [3.8, 4) is 11.4 Å². The van der Waals surface area contributed by atoms with Crippen LogP contribution in [0.4, 0.5) is 0 Å². The second kappa shape index (κ2) is 13.8. The van der Waals surface area contributed by atoms with E-state index in [1.54, 1.807) is 47.0 Å². The first-order chi connectivity index (χ1) is 23.6. The van der Waals surface area contributed by atoms with Crippen molar-refractivity contribution < 1.29 is 0 Å². The first-order valence-corrected chi connectivity index (χ1v) is 19.4. The van der Waals surface area contributed by atoms with E-state index in [9.17, 15) is 0 Å². The van der Waals surface area contributed by atoms with E-state index < -0.39 is 0 Å². The van der Waals surface area contributed by atoms with Gasteiger partial charge in [0.25, 0.3) is 0 Å². The molecule has 2 aliphatic heterocycles. The van der Waals surface area contributed by atoms with Gasteiger partial charge >= 0.3 is 0 Å². The third kappa shape index (κ3) is 6.13. The molecule has 0 atom stereocenters. The third-order valence-electron chi connectivity index (χ3n) is 7.93. The lowest BCUT2D eigenvalue weighted by atomic mass is 10.2. The Morgan fingerprint density at radius 2 is 1.04 bits per heavy atom. The van der Waals surface area contributed by atoms with Gasteiger partial charge in [-0.15, -0.1) is 20.4 Å². The minimum Gasteiger partial charge on any atom is -0.237 e. The lowest BCUT2D eigenvalue weighted by molar-refractivity contribution is 0.691. The maximum absolute atomic E-state index is 4.95. The minimum atomic E-state index is 0.731. The smallest absolute Gasteiger partial charge is 0.213 e. The minimum absolute atomic E-state index is 0.731. The van der Waals surface area contributed by atoms with Gasteiger partial charge in [0.05, 0.1) is 46.6 Å². The molecule has 0 N–H and O–H groups in total. The van der Waals surface area contributed by atoms with Crippen LogP contribution in [0.25, 0.3) is 11.4 Å². The van der Waals surface area contributed by atoms with Crippen molar-refractivity contribution in [3.63, 3.8) is 0 Å². The van der Waals surface area contributed by atoms with E-state index in [1.807, 2.05) is 67.5 Å². The molecule has 0 amide bonds. The van der Waals surface area contributed by atoms with Gasteiger partial charge in [-0.1, -0.05) is 83.4 Å². The maximum Gasteiger partial charge on any atom is 0.213 e. The van der Waals surface area contributed by atoms with Gasteiger partial charge in [-0.2, -0.15) is 29.8 Å². The summed E-state index contributed by atoms with van der Waals surface area (Å²) in [5.41, 5.74) is 8.24. The van der Waals surface area contributed by atoms with E-state index in [0.29, 0.717) is 0 Å². The molecule has 0 saturated carbocycles. The van der Waals surface area contributed by atoms with Crippen molar-refractivity contribution in [1.82, 2.24) is 49.3 Å². The summed E-state index contributed by atoms with van der Waals surface area (Å²) in [4.78, 5) is 0.